The smallest absolute Gasteiger partial charge is 0.123 e. The lowest BCUT2D eigenvalue weighted by Crippen LogP contribution is -2.20. The zero-order valence-electron chi connectivity index (χ0n) is 8.48. The van der Waals surface area contributed by atoms with Crippen molar-refractivity contribution >= 4 is 15.9 Å². The molecule has 0 aliphatic rings. The number of benzene rings is 1. The Hall–Kier alpha value is -0.410. The van der Waals surface area contributed by atoms with E-state index in [0.717, 1.165) is 23.0 Å². The lowest BCUT2D eigenvalue weighted by Gasteiger charge is -2.17. The lowest BCUT2D eigenvalue weighted by atomic mass is 10.0. The summed E-state index contributed by atoms with van der Waals surface area (Å²) < 4.78 is 14.0. The molecule has 78 valence electrons. The molecule has 0 amide bonds. The maximum atomic E-state index is 13.0. The monoisotopic (exact) mass is 259 g/mol. The molecule has 0 bridgehead atoms. The summed E-state index contributed by atoms with van der Waals surface area (Å²) in [5.41, 5.74) is 0.995. The molecule has 1 nitrogen and oxygen atoms in total. The zero-order chi connectivity index (χ0) is 10.6. The summed E-state index contributed by atoms with van der Waals surface area (Å²) >= 11 is 3.44. The molecule has 1 unspecified atom stereocenters. The summed E-state index contributed by atoms with van der Waals surface area (Å²) in [5.74, 6) is -0.181. The fraction of sp³-hybridized carbons (Fsp3) is 0.455. The maximum absolute atomic E-state index is 13.0. The standard InChI is InChI=1S/C11H15BrFN/c1-3-11(14-4-2)9-7-8(13)5-6-10(9)12/h5-7,11,14H,3-4H2,1-2H3. The molecule has 1 atom stereocenters. The zero-order valence-corrected chi connectivity index (χ0v) is 10.1. The topological polar surface area (TPSA) is 12.0 Å². The van der Waals surface area contributed by atoms with Crippen molar-refractivity contribution in [1.29, 1.82) is 0 Å². The predicted molar refractivity (Wildman–Crippen MR) is 60.8 cm³/mol. The van der Waals surface area contributed by atoms with Crippen molar-refractivity contribution in [2.24, 2.45) is 0 Å². The Labute approximate surface area is 92.8 Å². The molecular formula is C11H15BrFN. The minimum absolute atomic E-state index is 0.181. The summed E-state index contributed by atoms with van der Waals surface area (Å²) in [6.45, 7) is 5.03. The summed E-state index contributed by atoms with van der Waals surface area (Å²) in [5, 5.41) is 3.32. The first kappa shape index (κ1) is 11.7. The summed E-state index contributed by atoms with van der Waals surface area (Å²) in [6.07, 6.45) is 0.954. The first-order valence-corrected chi connectivity index (χ1v) is 5.66. The molecule has 1 N–H and O–H groups in total. The molecule has 0 heterocycles. The van der Waals surface area contributed by atoms with Crippen molar-refractivity contribution in [3.63, 3.8) is 0 Å². The third-order valence-electron chi connectivity index (χ3n) is 2.19. The minimum Gasteiger partial charge on any atom is -0.310 e. The second kappa shape index (κ2) is 5.47. The van der Waals surface area contributed by atoms with Gasteiger partial charge < -0.3 is 5.32 Å². The Morgan fingerprint density at radius 2 is 2.14 bits per heavy atom. The molecule has 1 aromatic carbocycles. The largest absolute Gasteiger partial charge is 0.310 e. The van der Waals surface area contributed by atoms with Gasteiger partial charge in [-0.15, -0.1) is 0 Å². The van der Waals surface area contributed by atoms with Crippen molar-refractivity contribution < 1.29 is 4.39 Å². The van der Waals surface area contributed by atoms with Gasteiger partial charge in [-0.05, 0) is 36.7 Å². The van der Waals surface area contributed by atoms with Crippen molar-refractivity contribution in [1.82, 2.24) is 5.32 Å². The van der Waals surface area contributed by atoms with E-state index in [1.807, 2.05) is 0 Å². The van der Waals surface area contributed by atoms with Crippen LogP contribution in [0.3, 0.4) is 0 Å². The minimum atomic E-state index is -0.181. The first-order valence-electron chi connectivity index (χ1n) is 4.87. The van der Waals surface area contributed by atoms with Crippen LogP contribution in [-0.4, -0.2) is 6.54 Å². The predicted octanol–water partition coefficient (Wildman–Crippen LogP) is 3.65. The van der Waals surface area contributed by atoms with Crippen LogP contribution in [0.2, 0.25) is 0 Å². The molecule has 3 heteroatoms. The highest BCUT2D eigenvalue weighted by molar-refractivity contribution is 9.10. The molecular weight excluding hydrogens is 245 g/mol. The molecule has 0 fully saturated rings. The maximum Gasteiger partial charge on any atom is 0.123 e. The number of hydrogen-bond donors (Lipinski definition) is 1. The van der Waals surface area contributed by atoms with Crippen molar-refractivity contribution in [3.8, 4) is 0 Å². The summed E-state index contributed by atoms with van der Waals surface area (Å²) in [6, 6.07) is 5.03. The van der Waals surface area contributed by atoms with E-state index < -0.39 is 0 Å². The fourth-order valence-electron chi connectivity index (χ4n) is 1.50. The average molecular weight is 260 g/mol. The average Bonchev–Trinajstić information content (AvgIpc) is 2.18. The third-order valence-corrected chi connectivity index (χ3v) is 2.91. The van der Waals surface area contributed by atoms with Crippen molar-refractivity contribution in [2.45, 2.75) is 26.3 Å². The van der Waals surface area contributed by atoms with Crippen LogP contribution >= 0.6 is 15.9 Å². The van der Waals surface area contributed by atoms with E-state index in [1.165, 1.54) is 6.07 Å². The van der Waals surface area contributed by atoms with E-state index in [9.17, 15) is 4.39 Å². The van der Waals surface area contributed by atoms with Gasteiger partial charge in [0.25, 0.3) is 0 Å². The molecule has 14 heavy (non-hydrogen) atoms. The van der Waals surface area contributed by atoms with Crippen molar-refractivity contribution in [2.75, 3.05) is 6.54 Å². The second-order valence-corrected chi connectivity index (χ2v) is 4.04. The number of halogens is 2. The molecule has 0 aromatic heterocycles. The van der Waals surface area contributed by atoms with Gasteiger partial charge in [-0.3, -0.25) is 0 Å². The van der Waals surface area contributed by atoms with Gasteiger partial charge in [-0.1, -0.05) is 29.8 Å². The van der Waals surface area contributed by atoms with E-state index in [0.29, 0.717) is 0 Å². The van der Waals surface area contributed by atoms with E-state index in [2.05, 4.69) is 35.1 Å². The Kier molecular flexibility index (Phi) is 4.55. The van der Waals surface area contributed by atoms with Gasteiger partial charge in [0.15, 0.2) is 0 Å². The number of nitrogens with one attached hydrogen (secondary N) is 1. The van der Waals surface area contributed by atoms with Gasteiger partial charge in [-0.2, -0.15) is 0 Å². The van der Waals surface area contributed by atoms with Gasteiger partial charge in [0.1, 0.15) is 5.82 Å². The van der Waals surface area contributed by atoms with E-state index in [-0.39, 0.29) is 11.9 Å². The normalized spacial score (nSPS) is 12.9. The van der Waals surface area contributed by atoms with E-state index in [4.69, 9.17) is 0 Å². The van der Waals surface area contributed by atoms with Crippen LogP contribution in [0.4, 0.5) is 4.39 Å². The fourth-order valence-corrected chi connectivity index (χ4v) is 2.03. The third kappa shape index (κ3) is 2.79. The van der Waals surface area contributed by atoms with Crippen LogP contribution in [0.15, 0.2) is 22.7 Å². The second-order valence-electron chi connectivity index (χ2n) is 3.18. The molecule has 0 saturated heterocycles. The van der Waals surface area contributed by atoms with Gasteiger partial charge in [0.05, 0.1) is 0 Å². The van der Waals surface area contributed by atoms with Gasteiger partial charge in [-0.25, -0.2) is 4.39 Å². The lowest BCUT2D eigenvalue weighted by molar-refractivity contribution is 0.529. The molecule has 1 aromatic rings. The van der Waals surface area contributed by atoms with Gasteiger partial charge in [0, 0.05) is 10.5 Å². The Morgan fingerprint density at radius 1 is 1.43 bits per heavy atom. The molecule has 0 radical (unpaired) electrons. The highest BCUT2D eigenvalue weighted by Gasteiger charge is 2.11. The Morgan fingerprint density at radius 3 is 2.71 bits per heavy atom. The van der Waals surface area contributed by atoms with Crippen LogP contribution < -0.4 is 5.32 Å². The SMILES string of the molecule is CCNC(CC)c1cc(F)ccc1Br. The van der Waals surface area contributed by atoms with Crippen LogP contribution in [0, 0.1) is 5.82 Å². The van der Waals surface area contributed by atoms with Gasteiger partial charge in [0.2, 0.25) is 0 Å². The molecule has 1 rings (SSSR count). The highest BCUT2D eigenvalue weighted by Crippen LogP contribution is 2.26. The first-order chi connectivity index (χ1) is 6.69. The Bertz CT molecular complexity index is 301. The summed E-state index contributed by atoms with van der Waals surface area (Å²) in [4.78, 5) is 0. The van der Waals surface area contributed by atoms with Crippen molar-refractivity contribution in [3.05, 3.63) is 34.1 Å². The number of hydrogen-bond acceptors (Lipinski definition) is 1. The van der Waals surface area contributed by atoms with Crippen LogP contribution in [0.5, 0.6) is 0 Å². The highest BCUT2D eigenvalue weighted by atomic mass is 79.9. The van der Waals surface area contributed by atoms with Crippen LogP contribution in [-0.2, 0) is 0 Å². The quantitative estimate of drug-likeness (QED) is 0.871. The molecule has 0 spiro atoms. The molecule has 0 aliphatic carbocycles. The Balaban J connectivity index is 2.96. The van der Waals surface area contributed by atoms with Crippen LogP contribution in [0.25, 0.3) is 0 Å². The molecule has 0 saturated carbocycles. The van der Waals surface area contributed by atoms with Crippen LogP contribution in [0.1, 0.15) is 31.9 Å². The summed E-state index contributed by atoms with van der Waals surface area (Å²) in [7, 11) is 0. The van der Waals surface area contributed by atoms with E-state index >= 15 is 0 Å². The van der Waals surface area contributed by atoms with E-state index in [1.54, 1.807) is 12.1 Å². The van der Waals surface area contributed by atoms with Gasteiger partial charge >= 0.3 is 0 Å². The molecule has 0 aliphatic heterocycles. The number of rotatable bonds is 4.